The van der Waals surface area contributed by atoms with Gasteiger partial charge in [0.05, 0.1) is 10.0 Å². The van der Waals surface area contributed by atoms with E-state index in [1.54, 1.807) is 0 Å². The SMILES string of the molecule is S=P(Cl)(Cl)Oc1c(Cl)cc(Cl)cc1Cl. The summed E-state index contributed by atoms with van der Waals surface area (Å²) in [6.07, 6.45) is 0. The first-order chi connectivity index (χ1) is 6.29. The maximum Gasteiger partial charge on any atom is 0.289 e. The molecular weight excluding hydrogens is 328 g/mol. The molecule has 1 rings (SSSR count). The van der Waals surface area contributed by atoms with Crippen LogP contribution in [0.5, 0.6) is 5.75 Å². The van der Waals surface area contributed by atoms with Crippen LogP contribution in [-0.2, 0) is 11.8 Å². The van der Waals surface area contributed by atoms with E-state index in [-0.39, 0.29) is 15.8 Å². The molecule has 0 aliphatic heterocycles. The molecule has 0 saturated carbocycles. The van der Waals surface area contributed by atoms with Crippen LogP contribution >= 0.6 is 62.3 Å². The van der Waals surface area contributed by atoms with Gasteiger partial charge in [0, 0.05) is 5.02 Å². The number of benzene rings is 1. The molecule has 8 heteroatoms. The summed E-state index contributed by atoms with van der Waals surface area (Å²) in [6, 6.07) is 2.92. The first-order valence-electron chi connectivity index (χ1n) is 3.13. The van der Waals surface area contributed by atoms with E-state index in [1.807, 2.05) is 0 Å². The second-order valence-corrected chi connectivity index (χ2v) is 10.6. The van der Waals surface area contributed by atoms with Crippen LogP contribution < -0.4 is 4.52 Å². The van der Waals surface area contributed by atoms with Crippen molar-refractivity contribution in [2.24, 2.45) is 0 Å². The van der Waals surface area contributed by atoms with E-state index in [0.717, 1.165) is 0 Å². The maximum atomic E-state index is 5.80. The van der Waals surface area contributed by atoms with Crippen LogP contribution in [0, 0.1) is 0 Å². The summed E-state index contributed by atoms with van der Waals surface area (Å²) >= 11 is 33.1. The van der Waals surface area contributed by atoms with Crippen LogP contribution in [0.4, 0.5) is 0 Å². The minimum atomic E-state index is -2.89. The van der Waals surface area contributed by atoms with E-state index in [0.29, 0.717) is 5.02 Å². The molecule has 0 radical (unpaired) electrons. The fourth-order valence-corrected chi connectivity index (χ4v) is 2.77. The van der Waals surface area contributed by atoms with Gasteiger partial charge in [0.15, 0.2) is 5.75 Å². The highest BCUT2D eigenvalue weighted by atomic mass is 35.9. The fourth-order valence-electron chi connectivity index (χ4n) is 0.722. The van der Waals surface area contributed by atoms with E-state index in [2.05, 4.69) is 11.8 Å². The van der Waals surface area contributed by atoms with Crippen molar-refractivity contribution in [3.8, 4) is 5.75 Å². The highest BCUT2D eigenvalue weighted by molar-refractivity contribution is 8.36. The molecule has 0 aromatic heterocycles. The van der Waals surface area contributed by atoms with Gasteiger partial charge in [-0.15, -0.1) is 0 Å². The van der Waals surface area contributed by atoms with Crippen molar-refractivity contribution in [1.29, 1.82) is 0 Å². The summed E-state index contributed by atoms with van der Waals surface area (Å²) in [5.74, 6) is 0.158. The Kier molecular flexibility index (Phi) is 4.68. The Morgan fingerprint density at radius 3 is 1.86 bits per heavy atom. The Bertz CT molecular complexity index is 380. The van der Waals surface area contributed by atoms with Crippen LogP contribution in [0.1, 0.15) is 0 Å². The predicted octanol–water partition coefficient (Wildman–Crippen LogP) is 5.73. The van der Waals surface area contributed by atoms with Gasteiger partial charge in [-0.3, -0.25) is 0 Å². The molecule has 0 spiro atoms. The first kappa shape index (κ1) is 13.2. The van der Waals surface area contributed by atoms with Gasteiger partial charge in [-0.2, -0.15) is 0 Å². The van der Waals surface area contributed by atoms with E-state index in [4.69, 9.17) is 61.8 Å². The molecule has 0 saturated heterocycles. The van der Waals surface area contributed by atoms with Crippen molar-refractivity contribution >= 4 is 74.1 Å². The molecule has 0 aliphatic rings. The molecule has 0 N–H and O–H groups in total. The summed E-state index contributed by atoms with van der Waals surface area (Å²) in [6.45, 7) is 0. The lowest BCUT2D eigenvalue weighted by molar-refractivity contribution is 0.636. The molecule has 1 aromatic carbocycles. The number of rotatable bonds is 2. The van der Waals surface area contributed by atoms with Gasteiger partial charge in [-0.1, -0.05) is 34.8 Å². The first-order valence-corrected chi connectivity index (χ1v) is 8.79. The van der Waals surface area contributed by atoms with Crippen LogP contribution in [0.3, 0.4) is 0 Å². The molecule has 0 heterocycles. The molecule has 0 unspecified atom stereocenters. The van der Waals surface area contributed by atoms with Gasteiger partial charge >= 0.3 is 0 Å². The predicted molar refractivity (Wildman–Crippen MR) is 68.1 cm³/mol. The summed E-state index contributed by atoms with van der Waals surface area (Å²) in [7, 11) is 0. The number of hydrogen-bond acceptors (Lipinski definition) is 2. The van der Waals surface area contributed by atoms with Gasteiger partial charge in [-0.25, -0.2) is 0 Å². The molecule has 1 nitrogen and oxygen atoms in total. The van der Waals surface area contributed by atoms with Gasteiger partial charge < -0.3 is 4.52 Å². The molecule has 0 atom stereocenters. The lowest BCUT2D eigenvalue weighted by Crippen LogP contribution is -1.84. The number of hydrogen-bond donors (Lipinski definition) is 0. The highest BCUT2D eigenvalue weighted by Crippen LogP contribution is 2.59. The van der Waals surface area contributed by atoms with Gasteiger partial charge in [-0.05, 0) is 46.4 Å². The fraction of sp³-hybridized carbons (Fsp3) is 0. The van der Waals surface area contributed by atoms with Crippen molar-refractivity contribution in [3.63, 3.8) is 0 Å². The Morgan fingerprint density at radius 2 is 1.50 bits per heavy atom. The monoisotopic (exact) mass is 328 g/mol. The van der Waals surface area contributed by atoms with Crippen molar-refractivity contribution in [2.45, 2.75) is 0 Å². The molecule has 14 heavy (non-hydrogen) atoms. The maximum absolute atomic E-state index is 5.80. The zero-order chi connectivity index (χ0) is 10.9. The third kappa shape index (κ3) is 3.94. The Balaban J connectivity index is 3.15. The van der Waals surface area contributed by atoms with Crippen LogP contribution in [0.25, 0.3) is 0 Å². The van der Waals surface area contributed by atoms with E-state index in [1.165, 1.54) is 12.1 Å². The molecule has 0 bridgehead atoms. The molecule has 0 amide bonds. The largest absolute Gasteiger partial charge is 0.438 e. The summed E-state index contributed by atoms with van der Waals surface area (Å²) < 4.78 is 5.05. The molecule has 1 aromatic rings. The van der Waals surface area contributed by atoms with Crippen molar-refractivity contribution in [1.82, 2.24) is 0 Å². The second kappa shape index (κ2) is 4.97. The highest BCUT2D eigenvalue weighted by Gasteiger charge is 2.17. The third-order valence-electron chi connectivity index (χ3n) is 1.16. The topological polar surface area (TPSA) is 9.23 Å². The van der Waals surface area contributed by atoms with E-state index in [9.17, 15) is 0 Å². The summed E-state index contributed by atoms with van der Waals surface area (Å²) in [4.78, 5) is -2.89. The Morgan fingerprint density at radius 1 is 1.07 bits per heavy atom. The zero-order valence-corrected chi connectivity index (χ0v) is 11.8. The second-order valence-electron chi connectivity index (χ2n) is 2.20. The van der Waals surface area contributed by atoms with Gasteiger partial charge in [0.1, 0.15) is 0 Å². The third-order valence-corrected chi connectivity index (χ3v) is 2.97. The quantitative estimate of drug-likeness (QED) is 0.641. The lowest BCUT2D eigenvalue weighted by Gasteiger charge is -2.12. The van der Waals surface area contributed by atoms with Crippen molar-refractivity contribution in [3.05, 3.63) is 27.2 Å². The average Bonchev–Trinajstić information content (AvgIpc) is 1.95. The minimum absolute atomic E-state index is 0.158. The molecular formula is C6H2Cl5OPS. The van der Waals surface area contributed by atoms with Crippen molar-refractivity contribution < 1.29 is 4.52 Å². The number of halogens is 5. The zero-order valence-electron chi connectivity index (χ0n) is 6.31. The smallest absolute Gasteiger partial charge is 0.289 e. The Labute approximate surface area is 111 Å². The van der Waals surface area contributed by atoms with E-state index < -0.39 is 4.97 Å². The van der Waals surface area contributed by atoms with Crippen LogP contribution in [0.15, 0.2) is 12.1 Å². The molecule has 78 valence electrons. The van der Waals surface area contributed by atoms with Crippen LogP contribution in [-0.4, -0.2) is 0 Å². The summed E-state index contributed by atoms with van der Waals surface area (Å²) in [5.41, 5.74) is 0. The van der Waals surface area contributed by atoms with Crippen LogP contribution in [0.2, 0.25) is 15.1 Å². The average molecular weight is 330 g/mol. The Hall–Kier alpha value is 1.12. The minimum Gasteiger partial charge on any atom is -0.438 e. The summed E-state index contributed by atoms with van der Waals surface area (Å²) in [5, 5.41) is 0.834. The van der Waals surface area contributed by atoms with Crippen molar-refractivity contribution in [2.75, 3.05) is 0 Å². The normalized spacial score (nSPS) is 11.5. The van der Waals surface area contributed by atoms with E-state index >= 15 is 0 Å². The lowest BCUT2D eigenvalue weighted by atomic mass is 10.3. The molecule has 0 fully saturated rings. The standard InChI is InChI=1S/C6H2Cl5OPS/c7-3-1-4(8)6(5(9)2-3)12-13(10,11)14/h1-2H. The van der Waals surface area contributed by atoms with Gasteiger partial charge in [0.25, 0.3) is 4.97 Å². The van der Waals surface area contributed by atoms with Gasteiger partial charge in [0.2, 0.25) is 0 Å². The molecule has 0 aliphatic carbocycles.